The molecule has 0 amide bonds. The minimum atomic E-state index is -0.423. The molecule has 1 unspecified atom stereocenters. The van der Waals surface area contributed by atoms with Gasteiger partial charge in [-0.25, -0.2) is 0 Å². The molecule has 2 radical (unpaired) electrons. The van der Waals surface area contributed by atoms with Crippen molar-refractivity contribution in [2.45, 2.75) is 38.8 Å². The summed E-state index contributed by atoms with van der Waals surface area (Å²) in [6.07, 6.45) is 1.01. The molecule has 0 aliphatic carbocycles. The fourth-order valence-corrected chi connectivity index (χ4v) is 2.25. The molecule has 1 saturated heterocycles. The molecule has 1 N–H and O–H groups in total. The summed E-state index contributed by atoms with van der Waals surface area (Å²) in [6, 6.07) is -0.216. The molecule has 0 aromatic rings. The average molecular weight is 168 g/mol. The van der Waals surface area contributed by atoms with Gasteiger partial charge in [-0.15, -0.1) is 0 Å². The summed E-state index contributed by atoms with van der Waals surface area (Å²) in [5.74, 6) is 0.713. The Labute approximate surface area is 75.7 Å². The van der Waals surface area contributed by atoms with Crippen LogP contribution in [0.3, 0.4) is 0 Å². The van der Waals surface area contributed by atoms with Gasteiger partial charge in [0.25, 0.3) is 0 Å². The van der Waals surface area contributed by atoms with E-state index in [9.17, 15) is 5.11 Å². The van der Waals surface area contributed by atoms with E-state index in [-0.39, 0.29) is 12.6 Å². The summed E-state index contributed by atoms with van der Waals surface area (Å²) in [7, 11) is 5.76. The Kier molecular flexibility index (Phi) is 2.84. The van der Waals surface area contributed by atoms with E-state index >= 15 is 0 Å². The highest BCUT2D eigenvalue weighted by molar-refractivity contribution is 6.11. The first-order valence-corrected chi connectivity index (χ1v) is 4.59. The molecule has 3 heteroatoms. The van der Waals surface area contributed by atoms with Crippen LogP contribution in [0.25, 0.3) is 0 Å². The second-order valence-corrected chi connectivity index (χ2v) is 3.93. The first kappa shape index (κ1) is 10.1. The van der Waals surface area contributed by atoms with Crippen LogP contribution in [0.15, 0.2) is 0 Å². The van der Waals surface area contributed by atoms with Crippen LogP contribution in [-0.4, -0.2) is 31.2 Å². The summed E-state index contributed by atoms with van der Waals surface area (Å²) in [5.41, 5.74) is -0.423. The van der Waals surface area contributed by atoms with E-state index in [1.807, 2.05) is 6.92 Å². The monoisotopic (exact) mass is 168 g/mol. The van der Waals surface area contributed by atoms with Crippen molar-refractivity contribution in [3.8, 4) is 0 Å². The largest absolute Gasteiger partial charge is 0.393 e. The SMILES string of the molecule is [B][C@@H]1O[C@](C)(CO)[C@H](CC)C1C. The third-order valence-corrected chi connectivity index (χ3v) is 3.10. The van der Waals surface area contributed by atoms with E-state index in [2.05, 4.69) is 13.8 Å². The lowest BCUT2D eigenvalue weighted by atomic mass is 9.76. The molecule has 0 bridgehead atoms. The molecular weight excluding hydrogens is 151 g/mol. The molecule has 68 valence electrons. The number of hydrogen-bond acceptors (Lipinski definition) is 2. The molecule has 1 rings (SSSR count). The van der Waals surface area contributed by atoms with Crippen molar-refractivity contribution in [1.82, 2.24) is 0 Å². The summed E-state index contributed by atoms with van der Waals surface area (Å²) in [5, 5.41) is 9.18. The van der Waals surface area contributed by atoms with Crippen molar-refractivity contribution in [1.29, 1.82) is 0 Å². The molecule has 1 aliphatic heterocycles. The van der Waals surface area contributed by atoms with Gasteiger partial charge in [0.2, 0.25) is 0 Å². The first-order chi connectivity index (χ1) is 5.55. The summed E-state index contributed by atoms with van der Waals surface area (Å²) in [6.45, 7) is 6.18. The van der Waals surface area contributed by atoms with Crippen LogP contribution in [0.2, 0.25) is 0 Å². The lowest BCUT2D eigenvalue weighted by Crippen LogP contribution is -2.36. The maximum atomic E-state index is 9.18. The van der Waals surface area contributed by atoms with Gasteiger partial charge in [0.1, 0.15) is 7.85 Å². The van der Waals surface area contributed by atoms with Crippen molar-refractivity contribution in [3.05, 3.63) is 0 Å². The van der Waals surface area contributed by atoms with Crippen LogP contribution in [0, 0.1) is 11.8 Å². The normalized spacial score (nSPS) is 48.2. The Morgan fingerprint density at radius 2 is 2.17 bits per heavy atom. The van der Waals surface area contributed by atoms with Gasteiger partial charge in [0, 0.05) is 6.00 Å². The third-order valence-electron chi connectivity index (χ3n) is 3.10. The standard InChI is InChI=1S/C9H17BO2/c1-4-7-6(2)8(10)12-9(7,3)5-11/h6-8,11H,4-5H2,1-3H3/t6?,7-,8-,9-/m1/s1. The van der Waals surface area contributed by atoms with Crippen molar-refractivity contribution in [2.75, 3.05) is 6.61 Å². The number of hydrogen-bond donors (Lipinski definition) is 1. The molecule has 0 aromatic carbocycles. The zero-order valence-electron chi connectivity index (χ0n) is 8.08. The fraction of sp³-hybridized carbons (Fsp3) is 1.00. The molecule has 12 heavy (non-hydrogen) atoms. The summed E-state index contributed by atoms with van der Waals surface area (Å²) < 4.78 is 5.54. The minimum absolute atomic E-state index is 0.0591. The fourth-order valence-electron chi connectivity index (χ4n) is 2.25. The molecule has 0 spiro atoms. The highest BCUT2D eigenvalue weighted by atomic mass is 16.5. The Balaban J connectivity index is 2.77. The van der Waals surface area contributed by atoms with Gasteiger partial charge >= 0.3 is 0 Å². The van der Waals surface area contributed by atoms with Crippen molar-refractivity contribution < 1.29 is 9.84 Å². The second-order valence-electron chi connectivity index (χ2n) is 3.93. The Morgan fingerprint density at radius 1 is 1.58 bits per heavy atom. The van der Waals surface area contributed by atoms with Gasteiger partial charge in [0.15, 0.2) is 0 Å². The molecule has 4 atom stereocenters. The minimum Gasteiger partial charge on any atom is -0.393 e. The molecule has 0 aromatic heterocycles. The summed E-state index contributed by atoms with van der Waals surface area (Å²) in [4.78, 5) is 0. The van der Waals surface area contributed by atoms with Crippen LogP contribution >= 0.6 is 0 Å². The van der Waals surface area contributed by atoms with Gasteiger partial charge in [-0.05, 0) is 18.8 Å². The van der Waals surface area contributed by atoms with Crippen molar-refractivity contribution in [3.63, 3.8) is 0 Å². The van der Waals surface area contributed by atoms with E-state index in [0.29, 0.717) is 11.8 Å². The van der Waals surface area contributed by atoms with E-state index in [1.54, 1.807) is 0 Å². The third kappa shape index (κ3) is 1.40. The quantitative estimate of drug-likeness (QED) is 0.621. The maximum Gasteiger partial charge on any atom is 0.109 e. The zero-order valence-corrected chi connectivity index (χ0v) is 8.08. The van der Waals surface area contributed by atoms with E-state index in [4.69, 9.17) is 12.6 Å². The zero-order chi connectivity index (χ0) is 9.35. The summed E-state index contributed by atoms with van der Waals surface area (Å²) >= 11 is 0. The lowest BCUT2D eigenvalue weighted by Gasteiger charge is -2.28. The van der Waals surface area contributed by atoms with E-state index in [1.165, 1.54) is 0 Å². The molecule has 1 aliphatic rings. The predicted octanol–water partition coefficient (Wildman–Crippen LogP) is 0.924. The van der Waals surface area contributed by atoms with Crippen LogP contribution < -0.4 is 0 Å². The van der Waals surface area contributed by atoms with Crippen molar-refractivity contribution in [2.24, 2.45) is 11.8 Å². The number of aliphatic hydroxyl groups is 1. The molecule has 0 saturated carbocycles. The Bertz CT molecular complexity index is 163. The van der Waals surface area contributed by atoms with Crippen LogP contribution in [0.5, 0.6) is 0 Å². The van der Waals surface area contributed by atoms with Gasteiger partial charge in [-0.2, -0.15) is 0 Å². The van der Waals surface area contributed by atoms with Crippen molar-refractivity contribution >= 4 is 7.85 Å². The highest BCUT2D eigenvalue weighted by Crippen LogP contribution is 2.40. The predicted molar refractivity (Wildman–Crippen MR) is 49.1 cm³/mol. The van der Waals surface area contributed by atoms with Gasteiger partial charge in [0.05, 0.1) is 12.2 Å². The highest BCUT2D eigenvalue weighted by Gasteiger charge is 2.46. The van der Waals surface area contributed by atoms with E-state index in [0.717, 1.165) is 6.42 Å². The van der Waals surface area contributed by atoms with Gasteiger partial charge in [-0.1, -0.05) is 20.3 Å². The average Bonchev–Trinajstić information content (AvgIpc) is 2.25. The lowest BCUT2D eigenvalue weighted by molar-refractivity contribution is -0.0581. The van der Waals surface area contributed by atoms with Crippen LogP contribution in [-0.2, 0) is 4.74 Å². The molecule has 1 heterocycles. The molecule has 1 fully saturated rings. The topological polar surface area (TPSA) is 29.5 Å². The Hall–Kier alpha value is -0.0151. The Morgan fingerprint density at radius 3 is 2.50 bits per heavy atom. The number of rotatable bonds is 2. The molecule has 2 nitrogen and oxygen atoms in total. The number of ether oxygens (including phenoxy) is 1. The van der Waals surface area contributed by atoms with E-state index < -0.39 is 5.60 Å². The molecular formula is C9H17BO2. The van der Waals surface area contributed by atoms with Gasteiger partial charge < -0.3 is 9.84 Å². The van der Waals surface area contributed by atoms with Gasteiger partial charge in [-0.3, -0.25) is 0 Å². The van der Waals surface area contributed by atoms with Crippen LogP contribution in [0.1, 0.15) is 27.2 Å². The first-order valence-electron chi connectivity index (χ1n) is 4.59. The van der Waals surface area contributed by atoms with Crippen LogP contribution in [0.4, 0.5) is 0 Å². The number of aliphatic hydroxyl groups excluding tert-OH is 1. The second kappa shape index (κ2) is 3.39. The smallest absolute Gasteiger partial charge is 0.109 e. The maximum absolute atomic E-state index is 9.18.